The van der Waals surface area contributed by atoms with E-state index < -0.39 is 0 Å². The van der Waals surface area contributed by atoms with Gasteiger partial charge in [-0.15, -0.1) is 0 Å². The molecule has 0 amide bonds. The molecule has 0 spiro atoms. The van der Waals surface area contributed by atoms with E-state index in [0.717, 1.165) is 24.8 Å². The number of methoxy groups -OCH3 is 1. The lowest BCUT2D eigenvalue weighted by molar-refractivity contribution is 0.415. The van der Waals surface area contributed by atoms with E-state index in [0.29, 0.717) is 10.8 Å². The first-order chi connectivity index (χ1) is 7.19. The van der Waals surface area contributed by atoms with Crippen molar-refractivity contribution in [2.75, 3.05) is 7.11 Å². The molecular formula is C12H12ClNO. The van der Waals surface area contributed by atoms with Gasteiger partial charge >= 0.3 is 0 Å². The van der Waals surface area contributed by atoms with Gasteiger partial charge < -0.3 is 4.74 Å². The minimum atomic E-state index is -0.113. The number of rotatable bonds is 3. The van der Waals surface area contributed by atoms with Gasteiger partial charge in [-0.1, -0.05) is 17.7 Å². The number of nitrogens with zero attached hydrogens (tertiary/aromatic N) is 1. The Morgan fingerprint density at radius 1 is 1.53 bits per heavy atom. The van der Waals surface area contributed by atoms with Gasteiger partial charge in [0.2, 0.25) is 0 Å². The molecule has 0 N–H and O–H groups in total. The highest BCUT2D eigenvalue weighted by atomic mass is 35.5. The minimum Gasteiger partial charge on any atom is -0.495 e. The number of ether oxygens (including phenoxy) is 1. The molecule has 1 saturated carbocycles. The average Bonchev–Trinajstić information content (AvgIpc) is 2.99. The van der Waals surface area contributed by atoms with Crippen LogP contribution in [0.2, 0.25) is 5.02 Å². The molecule has 1 aliphatic rings. The van der Waals surface area contributed by atoms with Crippen molar-refractivity contribution in [3.63, 3.8) is 0 Å². The van der Waals surface area contributed by atoms with E-state index in [1.165, 1.54) is 0 Å². The fourth-order valence-electron chi connectivity index (χ4n) is 1.69. The molecule has 0 heterocycles. The van der Waals surface area contributed by atoms with Crippen molar-refractivity contribution in [3.8, 4) is 11.8 Å². The Labute approximate surface area is 94.4 Å². The van der Waals surface area contributed by atoms with Crippen molar-refractivity contribution in [1.82, 2.24) is 0 Å². The quantitative estimate of drug-likeness (QED) is 0.785. The Morgan fingerprint density at radius 2 is 2.27 bits per heavy atom. The molecule has 0 atom stereocenters. The van der Waals surface area contributed by atoms with Crippen molar-refractivity contribution >= 4 is 11.6 Å². The van der Waals surface area contributed by atoms with Crippen LogP contribution in [0.4, 0.5) is 0 Å². The highest BCUT2D eigenvalue weighted by Crippen LogP contribution is 2.48. The summed E-state index contributed by atoms with van der Waals surface area (Å²) in [6, 6.07) is 8.09. The fraction of sp³-hybridized carbons (Fsp3) is 0.417. The van der Waals surface area contributed by atoms with Crippen LogP contribution in [0.3, 0.4) is 0 Å². The standard InChI is InChI=1S/C12H12ClNO/c1-15-11-3-2-9(6-10(11)13)7-12(8-14)4-5-12/h2-3,6H,4-5,7H2,1H3. The van der Waals surface area contributed by atoms with E-state index in [1.807, 2.05) is 18.2 Å². The lowest BCUT2D eigenvalue weighted by atomic mass is 9.98. The number of hydrogen-bond acceptors (Lipinski definition) is 2. The lowest BCUT2D eigenvalue weighted by Crippen LogP contribution is -2.01. The van der Waals surface area contributed by atoms with Gasteiger partial charge in [-0.3, -0.25) is 0 Å². The maximum atomic E-state index is 8.98. The van der Waals surface area contributed by atoms with Crippen molar-refractivity contribution in [1.29, 1.82) is 5.26 Å². The van der Waals surface area contributed by atoms with Crippen LogP contribution in [-0.2, 0) is 6.42 Å². The molecule has 3 heteroatoms. The summed E-state index contributed by atoms with van der Waals surface area (Å²) >= 11 is 6.01. The molecule has 78 valence electrons. The summed E-state index contributed by atoms with van der Waals surface area (Å²) in [7, 11) is 1.60. The van der Waals surface area contributed by atoms with Crippen LogP contribution >= 0.6 is 11.6 Å². The molecule has 2 nitrogen and oxygen atoms in total. The van der Waals surface area contributed by atoms with E-state index in [-0.39, 0.29) is 5.41 Å². The molecular weight excluding hydrogens is 210 g/mol. The van der Waals surface area contributed by atoms with Crippen LogP contribution in [0.25, 0.3) is 0 Å². The SMILES string of the molecule is COc1ccc(CC2(C#N)CC2)cc1Cl. The summed E-state index contributed by atoms with van der Waals surface area (Å²) < 4.78 is 5.08. The molecule has 1 fully saturated rings. The van der Waals surface area contributed by atoms with Crippen molar-refractivity contribution in [2.24, 2.45) is 5.41 Å². The molecule has 0 saturated heterocycles. The molecule has 15 heavy (non-hydrogen) atoms. The first-order valence-electron chi connectivity index (χ1n) is 4.93. The second-order valence-corrected chi connectivity index (χ2v) is 4.45. The van der Waals surface area contributed by atoms with Crippen LogP contribution in [0.5, 0.6) is 5.75 Å². The van der Waals surface area contributed by atoms with Gasteiger partial charge in [-0.2, -0.15) is 5.26 Å². The maximum absolute atomic E-state index is 8.98. The summed E-state index contributed by atoms with van der Waals surface area (Å²) in [6.07, 6.45) is 2.81. The molecule has 0 bridgehead atoms. The third-order valence-electron chi connectivity index (χ3n) is 2.85. The molecule has 0 unspecified atom stereocenters. The Morgan fingerprint density at radius 3 is 2.73 bits per heavy atom. The predicted octanol–water partition coefficient (Wildman–Crippen LogP) is 3.19. The largest absolute Gasteiger partial charge is 0.495 e. The Bertz CT molecular complexity index is 418. The van der Waals surface area contributed by atoms with Crippen molar-refractivity contribution < 1.29 is 4.74 Å². The van der Waals surface area contributed by atoms with E-state index in [4.69, 9.17) is 21.6 Å². The smallest absolute Gasteiger partial charge is 0.137 e. The molecule has 2 rings (SSSR count). The van der Waals surface area contributed by atoms with Gasteiger partial charge in [0.15, 0.2) is 0 Å². The molecule has 0 radical (unpaired) electrons. The zero-order valence-electron chi connectivity index (χ0n) is 8.59. The maximum Gasteiger partial charge on any atom is 0.137 e. The zero-order chi connectivity index (χ0) is 10.9. The predicted molar refractivity (Wildman–Crippen MR) is 59.0 cm³/mol. The van der Waals surface area contributed by atoms with E-state index in [1.54, 1.807) is 7.11 Å². The summed E-state index contributed by atoms with van der Waals surface area (Å²) in [4.78, 5) is 0. The van der Waals surface area contributed by atoms with Gasteiger partial charge in [-0.25, -0.2) is 0 Å². The fourth-order valence-corrected chi connectivity index (χ4v) is 1.97. The Hall–Kier alpha value is -1.20. The third-order valence-corrected chi connectivity index (χ3v) is 3.14. The molecule has 1 aromatic rings. The van der Waals surface area contributed by atoms with E-state index >= 15 is 0 Å². The Balaban J connectivity index is 2.17. The zero-order valence-corrected chi connectivity index (χ0v) is 9.34. The number of nitriles is 1. The molecule has 1 aliphatic carbocycles. The normalized spacial score (nSPS) is 16.9. The topological polar surface area (TPSA) is 33.0 Å². The first kappa shape index (κ1) is 10.3. The summed E-state index contributed by atoms with van der Waals surface area (Å²) in [6.45, 7) is 0. The van der Waals surface area contributed by atoms with E-state index in [9.17, 15) is 0 Å². The summed E-state index contributed by atoms with van der Waals surface area (Å²) in [5.74, 6) is 0.683. The summed E-state index contributed by atoms with van der Waals surface area (Å²) in [5.41, 5.74) is 0.998. The van der Waals surface area contributed by atoms with Crippen LogP contribution in [0.1, 0.15) is 18.4 Å². The third kappa shape index (κ3) is 2.08. The highest BCUT2D eigenvalue weighted by Gasteiger charge is 2.42. The van der Waals surface area contributed by atoms with Gasteiger partial charge in [0.25, 0.3) is 0 Å². The average molecular weight is 222 g/mol. The van der Waals surface area contributed by atoms with E-state index in [2.05, 4.69) is 6.07 Å². The Kier molecular flexibility index (Phi) is 2.58. The number of benzene rings is 1. The van der Waals surface area contributed by atoms with Crippen LogP contribution < -0.4 is 4.74 Å². The first-order valence-corrected chi connectivity index (χ1v) is 5.31. The molecule has 1 aromatic carbocycles. The van der Waals surface area contributed by atoms with Crippen LogP contribution in [0, 0.1) is 16.7 Å². The monoisotopic (exact) mass is 221 g/mol. The highest BCUT2D eigenvalue weighted by molar-refractivity contribution is 6.32. The molecule has 0 aliphatic heterocycles. The van der Waals surface area contributed by atoms with Crippen LogP contribution in [0.15, 0.2) is 18.2 Å². The van der Waals surface area contributed by atoms with Gasteiger partial charge in [0.1, 0.15) is 5.75 Å². The second kappa shape index (κ2) is 3.75. The molecule has 0 aromatic heterocycles. The van der Waals surface area contributed by atoms with Gasteiger partial charge in [0, 0.05) is 0 Å². The number of halogens is 1. The van der Waals surface area contributed by atoms with Gasteiger partial charge in [0.05, 0.1) is 23.6 Å². The van der Waals surface area contributed by atoms with Crippen LogP contribution in [-0.4, -0.2) is 7.11 Å². The number of hydrogen-bond donors (Lipinski definition) is 0. The second-order valence-electron chi connectivity index (χ2n) is 4.04. The van der Waals surface area contributed by atoms with Crippen molar-refractivity contribution in [3.05, 3.63) is 28.8 Å². The minimum absolute atomic E-state index is 0.113. The summed E-state index contributed by atoms with van der Waals surface area (Å²) in [5, 5.41) is 9.59. The van der Waals surface area contributed by atoms with Gasteiger partial charge in [-0.05, 0) is 37.0 Å². The lowest BCUT2D eigenvalue weighted by Gasteiger charge is -2.08. The van der Waals surface area contributed by atoms with Crippen molar-refractivity contribution in [2.45, 2.75) is 19.3 Å².